The van der Waals surface area contributed by atoms with E-state index in [1.54, 1.807) is 18.2 Å². The van der Waals surface area contributed by atoms with E-state index in [2.05, 4.69) is 16.1 Å². The first-order chi connectivity index (χ1) is 18.3. The average molecular weight is 524 g/mol. The minimum atomic E-state index is -1.61. The number of benzene rings is 3. The average Bonchev–Trinajstić information content (AvgIpc) is 3.33. The fourth-order valence-corrected chi connectivity index (χ4v) is 4.04. The first kappa shape index (κ1) is 26.8. The number of carbonyl (C=O) groups is 2. The van der Waals surface area contributed by atoms with Crippen molar-refractivity contribution in [1.29, 1.82) is 0 Å². The summed E-state index contributed by atoms with van der Waals surface area (Å²) in [6, 6.07) is 14.9. The molecular formula is C27H26FN3O7. The Kier molecular flexibility index (Phi) is 7.74. The predicted molar refractivity (Wildman–Crippen MR) is 137 cm³/mol. The van der Waals surface area contributed by atoms with Gasteiger partial charge in [0, 0.05) is 35.2 Å². The molecular weight excluding hydrogens is 497 g/mol. The second kappa shape index (κ2) is 11.0. The minimum absolute atomic E-state index is 0.150. The quantitative estimate of drug-likeness (QED) is 0.165. The molecule has 3 aromatic carbocycles. The molecule has 0 fully saturated rings. The number of carbonyl (C=O) groups excluding carboxylic acids is 2. The standard InChI is InChI=1S/C27H26FN3O7/c1-29-26(36)23-20-10-19(16-3-2-4-17(9-16)25(35)30-27(12-32,13-33)14-34)21(31-37)11-22(20)38-24(23)15-5-7-18(28)8-6-15/h2-11,31-34,37H,12-14H2,1H3,(H,29,36)(H,30,35). The molecule has 38 heavy (non-hydrogen) atoms. The van der Waals surface area contributed by atoms with Crippen LogP contribution in [-0.2, 0) is 0 Å². The van der Waals surface area contributed by atoms with Gasteiger partial charge in [-0.3, -0.25) is 20.3 Å². The van der Waals surface area contributed by atoms with Crippen molar-refractivity contribution in [1.82, 2.24) is 10.6 Å². The highest BCUT2D eigenvalue weighted by molar-refractivity contribution is 6.13. The fraction of sp³-hybridized carbons (Fsp3) is 0.185. The molecule has 0 aliphatic heterocycles. The maximum absolute atomic E-state index is 13.5. The molecule has 4 rings (SSSR count). The number of furan rings is 1. The summed E-state index contributed by atoms with van der Waals surface area (Å²) in [5, 5.41) is 43.9. The van der Waals surface area contributed by atoms with Gasteiger partial charge in [0.2, 0.25) is 0 Å². The van der Waals surface area contributed by atoms with Crippen LogP contribution in [0.1, 0.15) is 20.7 Å². The summed E-state index contributed by atoms with van der Waals surface area (Å²) in [5.41, 5.74) is 2.71. The Morgan fingerprint density at radius 2 is 1.61 bits per heavy atom. The molecule has 0 bridgehead atoms. The van der Waals surface area contributed by atoms with Gasteiger partial charge in [-0.1, -0.05) is 12.1 Å². The summed E-state index contributed by atoms with van der Waals surface area (Å²) in [6.45, 7) is -2.04. The zero-order valence-corrected chi connectivity index (χ0v) is 20.3. The van der Waals surface area contributed by atoms with Gasteiger partial charge in [0.1, 0.15) is 22.7 Å². The highest BCUT2D eigenvalue weighted by atomic mass is 19.1. The van der Waals surface area contributed by atoms with Gasteiger partial charge in [0.15, 0.2) is 0 Å². The van der Waals surface area contributed by atoms with Crippen molar-refractivity contribution in [2.45, 2.75) is 5.54 Å². The molecule has 0 aliphatic rings. The molecule has 1 heterocycles. The number of amides is 2. The number of hydrogen-bond donors (Lipinski definition) is 7. The number of aliphatic hydroxyl groups excluding tert-OH is 3. The number of anilines is 1. The molecule has 0 saturated heterocycles. The van der Waals surface area contributed by atoms with Gasteiger partial charge in [-0.25, -0.2) is 4.39 Å². The lowest BCUT2D eigenvalue weighted by molar-refractivity contribution is 0.0375. The molecule has 0 unspecified atom stereocenters. The van der Waals surface area contributed by atoms with E-state index in [4.69, 9.17) is 4.42 Å². The monoisotopic (exact) mass is 523 g/mol. The maximum Gasteiger partial charge on any atom is 0.255 e. The minimum Gasteiger partial charge on any atom is -0.455 e. The van der Waals surface area contributed by atoms with Gasteiger partial charge >= 0.3 is 0 Å². The van der Waals surface area contributed by atoms with Crippen molar-refractivity contribution >= 4 is 28.5 Å². The normalized spacial score (nSPS) is 11.4. The van der Waals surface area contributed by atoms with Gasteiger partial charge in [0.25, 0.3) is 11.8 Å². The zero-order chi connectivity index (χ0) is 27.4. The van der Waals surface area contributed by atoms with Crippen LogP contribution in [0.15, 0.2) is 65.1 Å². The summed E-state index contributed by atoms with van der Waals surface area (Å²) in [5.74, 6) is -1.34. The largest absolute Gasteiger partial charge is 0.455 e. The number of hydrogen-bond acceptors (Lipinski definition) is 8. The van der Waals surface area contributed by atoms with Crippen LogP contribution in [0.25, 0.3) is 33.4 Å². The van der Waals surface area contributed by atoms with Crippen molar-refractivity contribution in [2.75, 3.05) is 32.3 Å². The molecule has 0 aliphatic carbocycles. The van der Waals surface area contributed by atoms with Crippen LogP contribution < -0.4 is 16.1 Å². The summed E-state index contributed by atoms with van der Waals surface area (Å²) < 4.78 is 19.5. The third-order valence-electron chi connectivity index (χ3n) is 6.23. The number of rotatable bonds is 9. The van der Waals surface area contributed by atoms with E-state index in [1.807, 2.05) is 0 Å². The van der Waals surface area contributed by atoms with E-state index in [1.165, 1.54) is 49.5 Å². The molecule has 0 spiro atoms. The molecule has 0 radical (unpaired) electrons. The van der Waals surface area contributed by atoms with Gasteiger partial charge in [-0.15, -0.1) is 0 Å². The maximum atomic E-state index is 13.5. The second-order valence-corrected chi connectivity index (χ2v) is 8.69. The Labute approximate surface area is 216 Å². The van der Waals surface area contributed by atoms with E-state index >= 15 is 0 Å². The van der Waals surface area contributed by atoms with Crippen LogP contribution in [-0.4, -0.2) is 64.7 Å². The van der Waals surface area contributed by atoms with Crippen molar-refractivity contribution in [3.8, 4) is 22.5 Å². The molecule has 10 nitrogen and oxygen atoms in total. The third kappa shape index (κ3) is 4.95. The van der Waals surface area contributed by atoms with Gasteiger partial charge in [-0.2, -0.15) is 0 Å². The molecule has 1 aromatic heterocycles. The fourth-order valence-electron chi connectivity index (χ4n) is 4.04. The molecule has 0 saturated carbocycles. The molecule has 198 valence electrons. The Balaban J connectivity index is 1.85. The van der Waals surface area contributed by atoms with Crippen LogP contribution in [0.2, 0.25) is 0 Å². The zero-order valence-electron chi connectivity index (χ0n) is 20.3. The highest BCUT2D eigenvalue weighted by Gasteiger charge is 2.30. The third-order valence-corrected chi connectivity index (χ3v) is 6.23. The number of aliphatic hydroxyl groups is 3. The van der Waals surface area contributed by atoms with Crippen LogP contribution in [0, 0.1) is 5.82 Å². The molecule has 7 N–H and O–H groups in total. The first-order valence-electron chi connectivity index (χ1n) is 11.5. The lowest BCUT2D eigenvalue weighted by atomic mass is 9.97. The topological polar surface area (TPSA) is 164 Å². The summed E-state index contributed by atoms with van der Waals surface area (Å²) in [7, 11) is 1.47. The Bertz CT molecular complexity index is 1470. The smallest absolute Gasteiger partial charge is 0.255 e. The van der Waals surface area contributed by atoms with E-state index in [0.29, 0.717) is 22.1 Å². The van der Waals surface area contributed by atoms with Crippen LogP contribution in [0.3, 0.4) is 0 Å². The highest BCUT2D eigenvalue weighted by Crippen LogP contribution is 2.39. The first-order valence-corrected chi connectivity index (χ1v) is 11.5. The van der Waals surface area contributed by atoms with Crippen LogP contribution in [0.5, 0.6) is 0 Å². The van der Waals surface area contributed by atoms with Gasteiger partial charge in [-0.05, 0) is 48.0 Å². The summed E-state index contributed by atoms with van der Waals surface area (Å²) >= 11 is 0. The second-order valence-electron chi connectivity index (χ2n) is 8.69. The predicted octanol–water partition coefficient (Wildman–Crippen LogP) is 2.51. The van der Waals surface area contributed by atoms with E-state index < -0.39 is 43.0 Å². The number of halogens is 1. The van der Waals surface area contributed by atoms with Crippen LogP contribution in [0.4, 0.5) is 10.1 Å². The lowest BCUT2D eigenvalue weighted by Gasteiger charge is -2.28. The van der Waals surface area contributed by atoms with Crippen molar-refractivity contribution in [3.63, 3.8) is 0 Å². The van der Waals surface area contributed by atoms with E-state index in [-0.39, 0.29) is 28.2 Å². The molecule has 11 heteroatoms. The lowest BCUT2D eigenvalue weighted by Crippen LogP contribution is -2.57. The van der Waals surface area contributed by atoms with Crippen molar-refractivity contribution in [3.05, 3.63) is 77.6 Å². The Morgan fingerprint density at radius 1 is 0.921 bits per heavy atom. The van der Waals surface area contributed by atoms with E-state index in [9.17, 15) is 34.5 Å². The van der Waals surface area contributed by atoms with Crippen LogP contribution >= 0.6 is 0 Å². The number of nitrogens with one attached hydrogen (secondary N) is 3. The van der Waals surface area contributed by atoms with Gasteiger partial charge in [0.05, 0.1) is 31.1 Å². The van der Waals surface area contributed by atoms with Gasteiger partial charge < -0.3 is 30.4 Å². The summed E-state index contributed by atoms with van der Waals surface area (Å²) in [6.07, 6.45) is 0. The molecule has 2 amide bonds. The Hall–Kier alpha value is -4.29. The van der Waals surface area contributed by atoms with Crippen molar-refractivity contribution < 1.29 is 38.9 Å². The molecule has 4 aromatic rings. The van der Waals surface area contributed by atoms with E-state index in [0.717, 1.165) is 0 Å². The molecule has 0 atom stereocenters. The number of fused-ring (bicyclic) bond motifs is 1. The van der Waals surface area contributed by atoms with Crippen molar-refractivity contribution in [2.24, 2.45) is 0 Å². The SMILES string of the molecule is CNC(=O)c1c(-c2ccc(F)cc2)oc2cc(NO)c(-c3cccc(C(=O)NC(CO)(CO)CO)c3)cc12. The Morgan fingerprint density at radius 3 is 2.21 bits per heavy atom. The summed E-state index contributed by atoms with van der Waals surface area (Å²) in [4.78, 5) is 25.7.